The average molecular weight is 265 g/mol. The number of nitrogen functional groups attached to an aromatic ring is 1. The van der Waals surface area contributed by atoms with E-state index in [1.54, 1.807) is 11.9 Å². The Labute approximate surface area is 112 Å². The summed E-state index contributed by atoms with van der Waals surface area (Å²) in [6, 6.07) is 1.37. The maximum Gasteiger partial charge on any atom is 0.257 e. The van der Waals surface area contributed by atoms with Crippen LogP contribution in [0.5, 0.6) is 0 Å². The summed E-state index contributed by atoms with van der Waals surface area (Å²) in [6.45, 7) is 2.20. The molecule has 19 heavy (non-hydrogen) atoms. The number of nitrogens with zero attached hydrogens (tertiary/aromatic N) is 2. The van der Waals surface area contributed by atoms with E-state index in [2.05, 4.69) is 11.9 Å². The number of halogens is 1. The molecule has 2 atom stereocenters. The molecule has 1 aromatic heterocycles. The van der Waals surface area contributed by atoms with Crippen LogP contribution in [0.2, 0.25) is 0 Å². The van der Waals surface area contributed by atoms with Crippen molar-refractivity contribution < 1.29 is 9.18 Å². The Morgan fingerprint density at radius 1 is 1.53 bits per heavy atom. The van der Waals surface area contributed by atoms with Crippen LogP contribution < -0.4 is 5.73 Å². The van der Waals surface area contributed by atoms with Gasteiger partial charge in [0.05, 0.1) is 11.8 Å². The molecule has 2 N–H and O–H groups in total. The Kier molecular flexibility index (Phi) is 4.02. The Hall–Kier alpha value is -1.65. The summed E-state index contributed by atoms with van der Waals surface area (Å²) in [4.78, 5) is 17.7. The maximum atomic E-state index is 13.2. The van der Waals surface area contributed by atoms with Crippen molar-refractivity contribution in [3.63, 3.8) is 0 Å². The number of nitrogens with two attached hydrogens (primary N) is 1. The predicted molar refractivity (Wildman–Crippen MR) is 72.1 cm³/mol. The predicted octanol–water partition coefficient (Wildman–Crippen LogP) is 2.45. The standard InChI is InChI=1S/C14H20FN3O/c1-9-4-3-5-11(6-9)18(2)14(19)12-7-10(15)8-17-13(12)16/h7-9,11H,3-6H2,1-2H3,(H2,16,17). The number of rotatable bonds is 2. The van der Waals surface area contributed by atoms with Crippen LogP contribution >= 0.6 is 0 Å². The van der Waals surface area contributed by atoms with E-state index >= 15 is 0 Å². The van der Waals surface area contributed by atoms with Gasteiger partial charge in [0.25, 0.3) is 5.91 Å². The van der Waals surface area contributed by atoms with Gasteiger partial charge in [-0.2, -0.15) is 0 Å². The first kappa shape index (κ1) is 13.8. The quantitative estimate of drug-likeness (QED) is 0.893. The second kappa shape index (κ2) is 5.55. The van der Waals surface area contributed by atoms with Gasteiger partial charge in [0.2, 0.25) is 0 Å². The molecule has 0 aliphatic heterocycles. The normalized spacial score (nSPS) is 23.1. The molecule has 0 saturated heterocycles. The van der Waals surface area contributed by atoms with Crippen molar-refractivity contribution in [2.24, 2.45) is 5.92 Å². The third kappa shape index (κ3) is 3.03. The second-order valence-electron chi connectivity index (χ2n) is 5.43. The first-order chi connectivity index (χ1) is 8.99. The summed E-state index contributed by atoms with van der Waals surface area (Å²) in [5.41, 5.74) is 5.81. The molecule has 104 valence electrons. The first-order valence-electron chi connectivity index (χ1n) is 6.67. The maximum absolute atomic E-state index is 13.2. The number of hydrogen-bond acceptors (Lipinski definition) is 3. The lowest BCUT2D eigenvalue weighted by molar-refractivity contribution is 0.0672. The molecule has 1 heterocycles. The minimum Gasteiger partial charge on any atom is -0.383 e. The summed E-state index contributed by atoms with van der Waals surface area (Å²) in [6.07, 6.45) is 5.34. The van der Waals surface area contributed by atoms with Gasteiger partial charge in [0.15, 0.2) is 0 Å². The van der Waals surface area contributed by atoms with Crippen molar-refractivity contribution >= 4 is 11.7 Å². The Bertz CT molecular complexity index is 478. The van der Waals surface area contributed by atoms with E-state index in [0.29, 0.717) is 5.92 Å². The molecule has 0 aromatic carbocycles. The molecule has 1 aromatic rings. The van der Waals surface area contributed by atoms with Crippen molar-refractivity contribution in [1.82, 2.24) is 9.88 Å². The Balaban J connectivity index is 2.16. The van der Waals surface area contributed by atoms with E-state index in [9.17, 15) is 9.18 Å². The molecule has 2 unspecified atom stereocenters. The van der Waals surface area contributed by atoms with E-state index in [1.807, 2.05) is 0 Å². The van der Waals surface area contributed by atoms with Gasteiger partial charge in [0.1, 0.15) is 11.6 Å². The fourth-order valence-electron chi connectivity index (χ4n) is 2.73. The summed E-state index contributed by atoms with van der Waals surface area (Å²) in [7, 11) is 1.76. The minimum absolute atomic E-state index is 0.0853. The zero-order valence-corrected chi connectivity index (χ0v) is 11.4. The molecular formula is C14H20FN3O. The lowest BCUT2D eigenvalue weighted by Crippen LogP contribution is -2.40. The molecule has 1 aliphatic carbocycles. The van der Waals surface area contributed by atoms with Gasteiger partial charge >= 0.3 is 0 Å². The fourth-order valence-corrected chi connectivity index (χ4v) is 2.73. The molecule has 1 fully saturated rings. The van der Waals surface area contributed by atoms with E-state index in [4.69, 9.17) is 5.73 Å². The van der Waals surface area contributed by atoms with Crippen molar-refractivity contribution in [1.29, 1.82) is 0 Å². The van der Waals surface area contributed by atoms with E-state index in [-0.39, 0.29) is 23.3 Å². The van der Waals surface area contributed by atoms with E-state index in [0.717, 1.165) is 31.5 Å². The zero-order valence-electron chi connectivity index (χ0n) is 11.4. The highest BCUT2D eigenvalue weighted by atomic mass is 19.1. The van der Waals surface area contributed by atoms with Crippen LogP contribution in [-0.2, 0) is 0 Å². The molecule has 1 amide bonds. The van der Waals surface area contributed by atoms with Crippen molar-refractivity contribution in [2.45, 2.75) is 38.6 Å². The van der Waals surface area contributed by atoms with Crippen LogP contribution in [0.25, 0.3) is 0 Å². The van der Waals surface area contributed by atoms with Gasteiger partial charge in [0, 0.05) is 13.1 Å². The number of anilines is 1. The number of amides is 1. The van der Waals surface area contributed by atoms with Crippen LogP contribution in [0.4, 0.5) is 10.2 Å². The third-order valence-electron chi connectivity index (χ3n) is 3.89. The monoisotopic (exact) mass is 265 g/mol. The summed E-state index contributed by atoms with van der Waals surface area (Å²) in [5.74, 6) is -0.0781. The van der Waals surface area contributed by atoms with Gasteiger partial charge in [-0.15, -0.1) is 0 Å². The molecule has 0 spiro atoms. The topological polar surface area (TPSA) is 59.2 Å². The lowest BCUT2D eigenvalue weighted by atomic mass is 9.86. The molecule has 5 heteroatoms. The van der Waals surface area contributed by atoms with Gasteiger partial charge in [-0.05, 0) is 24.8 Å². The Morgan fingerprint density at radius 3 is 2.95 bits per heavy atom. The van der Waals surface area contributed by atoms with Crippen LogP contribution in [0.1, 0.15) is 43.0 Å². The van der Waals surface area contributed by atoms with Crippen molar-refractivity contribution in [3.05, 3.63) is 23.6 Å². The number of aromatic nitrogens is 1. The summed E-state index contributed by atoms with van der Waals surface area (Å²) >= 11 is 0. The highest BCUT2D eigenvalue weighted by Crippen LogP contribution is 2.27. The lowest BCUT2D eigenvalue weighted by Gasteiger charge is -2.34. The van der Waals surface area contributed by atoms with Gasteiger partial charge in [-0.25, -0.2) is 9.37 Å². The molecule has 0 radical (unpaired) electrons. The van der Waals surface area contributed by atoms with Gasteiger partial charge in [-0.1, -0.05) is 19.8 Å². The molecule has 2 rings (SSSR count). The highest BCUT2D eigenvalue weighted by molar-refractivity contribution is 5.98. The van der Waals surface area contributed by atoms with E-state index < -0.39 is 5.82 Å². The van der Waals surface area contributed by atoms with Crippen LogP contribution in [0, 0.1) is 11.7 Å². The largest absolute Gasteiger partial charge is 0.383 e. The summed E-state index contributed by atoms with van der Waals surface area (Å²) in [5, 5.41) is 0. The molecule has 1 saturated carbocycles. The smallest absolute Gasteiger partial charge is 0.257 e. The zero-order chi connectivity index (χ0) is 14.0. The molecule has 1 aliphatic rings. The third-order valence-corrected chi connectivity index (χ3v) is 3.89. The van der Waals surface area contributed by atoms with Crippen LogP contribution in [0.15, 0.2) is 12.3 Å². The molecule has 4 nitrogen and oxygen atoms in total. The van der Waals surface area contributed by atoms with Gasteiger partial charge in [-0.3, -0.25) is 4.79 Å². The molecular weight excluding hydrogens is 245 g/mol. The van der Waals surface area contributed by atoms with Crippen molar-refractivity contribution in [2.75, 3.05) is 12.8 Å². The fraction of sp³-hybridized carbons (Fsp3) is 0.571. The summed E-state index contributed by atoms with van der Waals surface area (Å²) < 4.78 is 13.2. The minimum atomic E-state index is -0.539. The number of hydrogen-bond donors (Lipinski definition) is 1. The molecule has 0 bridgehead atoms. The number of pyridine rings is 1. The van der Waals surface area contributed by atoms with Gasteiger partial charge < -0.3 is 10.6 Å². The van der Waals surface area contributed by atoms with Crippen LogP contribution in [0.3, 0.4) is 0 Å². The first-order valence-corrected chi connectivity index (χ1v) is 6.67. The Morgan fingerprint density at radius 2 is 2.26 bits per heavy atom. The SMILES string of the molecule is CC1CCCC(N(C)C(=O)c2cc(F)cnc2N)C1. The average Bonchev–Trinajstić information content (AvgIpc) is 2.40. The highest BCUT2D eigenvalue weighted by Gasteiger charge is 2.27. The van der Waals surface area contributed by atoms with E-state index in [1.165, 1.54) is 6.42 Å². The second-order valence-corrected chi connectivity index (χ2v) is 5.43. The van der Waals surface area contributed by atoms with Crippen molar-refractivity contribution in [3.8, 4) is 0 Å². The number of carbonyl (C=O) groups excluding carboxylic acids is 1. The number of carbonyl (C=O) groups is 1. The van der Waals surface area contributed by atoms with Crippen LogP contribution in [-0.4, -0.2) is 28.9 Å².